The number of β-amino-alcohol motifs (C(OH)–C–C–N with tert-alkyl or cyclic N) is 1. The number of sulfonamides is 1. The number of ether oxygens (including phenoxy) is 1. The van der Waals surface area contributed by atoms with Gasteiger partial charge in [0.1, 0.15) is 6.61 Å². The second kappa shape index (κ2) is 7.79. The van der Waals surface area contributed by atoms with Gasteiger partial charge < -0.3 is 9.84 Å². The van der Waals surface area contributed by atoms with Crippen molar-refractivity contribution < 1.29 is 23.1 Å². The number of likely N-dealkylation sites (tertiary alicyclic amines) is 1. The average molecular weight is 339 g/mol. The SMILES string of the molecule is C=CCOC(=O)N1C[C@H](O)C[C@H]1/C(Cl)=C\CNS(C)(=O)=O. The Bertz CT molecular complexity index is 520. The average Bonchev–Trinajstić information content (AvgIpc) is 2.76. The lowest BCUT2D eigenvalue weighted by molar-refractivity contribution is 0.106. The minimum Gasteiger partial charge on any atom is -0.445 e. The van der Waals surface area contributed by atoms with Gasteiger partial charge in [-0.1, -0.05) is 30.3 Å². The van der Waals surface area contributed by atoms with Crippen LogP contribution in [0.1, 0.15) is 6.42 Å². The number of halogens is 1. The first-order valence-corrected chi connectivity index (χ1v) is 8.54. The molecular formula is C12H19ClN2O5S. The van der Waals surface area contributed by atoms with Crippen molar-refractivity contribution in [3.05, 3.63) is 23.8 Å². The molecule has 0 aromatic rings. The third-order valence-electron chi connectivity index (χ3n) is 2.80. The molecule has 0 aromatic carbocycles. The second-order valence-electron chi connectivity index (χ2n) is 4.63. The van der Waals surface area contributed by atoms with Crippen LogP contribution < -0.4 is 4.72 Å². The quantitative estimate of drug-likeness (QED) is 0.684. The van der Waals surface area contributed by atoms with Gasteiger partial charge in [-0.05, 0) is 0 Å². The van der Waals surface area contributed by atoms with E-state index in [2.05, 4.69) is 11.3 Å². The summed E-state index contributed by atoms with van der Waals surface area (Å²) in [6.07, 6.45) is 2.91. The number of aliphatic hydroxyl groups excluding tert-OH is 1. The van der Waals surface area contributed by atoms with Crippen LogP contribution in [0.5, 0.6) is 0 Å². The summed E-state index contributed by atoms with van der Waals surface area (Å²) in [6.45, 7) is 3.64. The van der Waals surface area contributed by atoms with E-state index in [-0.39, 0.29) is 31.1 Å². The lowest BCUT2D eigenvalue weighted by atomic mass is 10.2. The van der Waals surface area contributed by atoms with E-state index in [1.165, 1.54) is 17.1 Å². The van der Waals surface area contributed by atoms with Crippen LogP contribution in [-0.4, -0.2) is 62.6 Å². The topological polar surface area (TPSA) is 95.9 Å². The van der Waals surface area contributed by atoms with E-state index in [1.54, 1.807) is 0 Å². The summed E-state index contributed by atoms with van der Waals surface area (Å²) in [7, 11) is -3.31. The van der Waals surface area contributed by atoms with E-state index in [1.807, 2.05) is 0 Å². The van der Waals surface area contributed by atoms with Crippen LogP contribution in [0.15, 0.2) is 23.8 Å². The van der Waals surface area contributed by atoms with E-state index in [0.29, 0.717) is 0 Å². The summed E-state index contributed by atoms with van der Waals surface area (Å²) in [5.41, 5.74) is 0. The lowest BCUT2D eigenvalue weighted by Gasteiger charge is -2.23. The number of rotatable bonds is 6. The number of hydrogen-bond acceptors (Lipinski definition) is 5. The summed E-state index contributed by atoms with van der Waals surface area (Å²) in [6, 6.07) is -0.527. The van der Waals surface area contributed by atoms with Crippen molar-refractivity contribution in [2.24, 2.45) is 0 Å². The molecule has 1 saturated heterocycles. The molecule has 1 heterocycles. The highest BCUT2D eigenvalue weighted by molar-refractivity contribution is 7.88. The van der Waals surface area contributed by atoms with Crippen LogP contribution in [0.2, 0.25) is 0 Å². The molecule has 1 fully saturated rings. The van der Waals surface area contributed by atoms with E-state index < -0.39 is 28.3 Å². The lowest BCUT2D eigenvalue weighted by Crippen LogP contribution is -2.37. The Balaban J connectivity index is 2.70. The minimum atomic E-state index is -3.31. The first kappa shape index (κ1) is 18.0. The van der Waals surface area contributed by atoms with Gasteiger partial charge in [0.15, 0.2) is 0 Å². The highest BCUT2D eigenvalue weighted by Crippen LogP contribution is 2.27. The Labute approximate surface area is 129 Å². The van der Waals surface area contributed by atoms with E-state index in [9.17, 15) is 18.3 Å². The van der Waals surface area contributed by atoms with Gasteiger partial charge in [-0.15, -0.1) is 0 Å². The molecule has 0 aliphatic carbocycles. The van der Waals surface area contributed by atoms with Crippen LogP contribution in [0.4, 0.5) is 4.79 Å². The predicted molar refractivity (Wildman–Crippen MR) is 79.4 cm³/mol. The van der Waals surface area contributed by atoms with Crippen molar-refractivity contribution in [1.82, 2.24) is 9.62 Å². The molecule has 9 heteroatoms. The fraction of sp³-hybridized carbons (Fsp3) is 0.583. The number of amides is 1. The van der Waals surface area contributed by atoms with Crippen LogP contribution in [0, 0.1) is 0 Å². The van der Waals surface area contributed by atoms with Crippen molar-refractivity contribution in [3.63, 3.8) is 0 Å². The minimum absolute atomic E-state index is 0.0137. The van der Waals surface area contributed by atoms with Crippen molar-refractivity contribution in [1.29, 1.82) is 0 Å². The van der Waals surface area contributed by atoms with Crippen molar-refractivity contribution >= 4 is 27.7 Å². The predicted octanol–water partition coefficient (Wildman–Crippen LogP) is 0.416. The molecule has 2 N–H and O–H groups in total. The largest absolute Gasteiger partial charge is 0.445 e. The number of nitrogens with zero attached hydrogens (tertiary/aromatic N) is 1. The zero-order valence-electron chi connectivity index (χ0n) is 11.7. The standard InChI is InChI=1S/C12H19ClN2O5S/c1-3-6-20-12(17)15-8-9(16)7-11(15)10(13)4-5-14-21(2,18)19/h3-4,9,11,14,16H,1,5-8H2,2H3/b10-4+/t9-,11+/m1/s1. The molecule has 0 radical (unpaired) electrons. The van der Waals surface area contributed by atoms with Crippen molar-refractivity contribution in [2.45, 2.75) is 18.6 Å². The van der Waals surface area contributed by atoms with Crippen molar-refractivity contribution in [2.75, 3.05) is 26.0 Å². The van der Waals surface area contributed by atoms with E-state index >= 15 is 0 Å². The fourth-order valence-electron chi connectivity index (χ4n) is 1.92. The Morgan fingerprint density at radius 2 is 2.29 bits per heavy atom. The van der Waals surface area contributed by atoms with Gasteiger partial charge in [0.05, 0.1) is 24.9 Å². The second-order valence-corrected chi connectivity index (χ2v) is 6.90. The Hall–Kier alpha value is -1.09. The molecule has 0 spiro atoms. The summed E-state index contributed by atoms with van der Waals surface area (Å²) >= 11 is 6.10. The van der Waals surface area contributed by atoms with Gasteiger partial charge in [0.25, 0.3) is 0 Å². The van der Waals surface area contributed by atoms with Gasteiger partial charge in [-0.25, -0.2) is 17.9 Å². The molecule has 1 amide bonds. The van der Waals surface area contributed by atoms with Crippen LogP contribution in [-0.2, 0) is 14.8 Å². The van der Waals surface area contributed by atoms with Gasteiger partial charge in [-0.3, -0.25) is 4.90 Å². The monoisotopic (exact) mass is 338 g/mol. The maximum Gasteiger partial charge on any atom is 0.410 e. The Morgan fingerprint density at radius 1 is 1.62 bits per heavy atom. The third-order valence-corrected chi connectivity index (χ3v) is 3.90. The summed E-state index contributed by atoms with van der Waals surface area (Å²) in [4.78, 5) is 13.2. The fourth-order valence-corrected chi connectivity index (χ4v) is 2.59. The van der Waals surface area contributed by atoms with Gasteiger partial charge in [0.2, 0.25) is 10.0 Å². The first-order chi connectivity index (χ1) is 9.74. The molecule has 0 saturated carbocycles. The zero-order valence-corrected chi connectivity index (χ0v) is 13.2. The number of aliphatic hydroxyl groups is 1. The van der Waals surface area contributed by atoms with Crippen LogP contribution >= 0.6 is 11.6 Å². The molecule has 7 nitrogen and oxygen atoms in total. The van der Waals surface area contributed by atoms with Gasteiger partial charge in [-0.2, -0.15) is 0 Å². The van der Waals surface area contributed by atoms with Crippen LogP contribution in [0.25, 0.3) is 0 Å². The molecule has 1 aliphatic rings. The highest BCUT2D eigenvalue weighted by atomic mass is 35.5. The normalized spacial score (nSPS) is 23.2. The molecule has 1 aliphatic heterocycles. The highest BCUT2D eigenvalue weighted by Gasteiger charge is 2.36. The first-order valence-electron chi connectivity index (χ1n) is 6.27. The molecule has 21 heavy (non-hydrogen) atoms. The molecule has 120 valence electrons. The zero-order chi connectivity index (χ0) is 16.0. The molecule has 0 aromatic heterocycles. The smallest absolute Gasteiger partial charge is 0.410 e. The summed E-state index contributed by atoms with van der Waals surface area (Å²) < 4.78 is 29.1. The molecule has 2 atom stereocenters. The number of nitrogens with one attached hydrogen (secondary N) is 1. The van der Waals surface area contributed by atoms with E-state index in [0.717, 1.165) is 6.26 Å². The Morgan fingerprint density at radius 3 is 2.86 bits per heavy atom. The molecular weight excluding hydrogens is 320 g/mol. The Kier molecular flexibility index (Phi) is 6.66. The summed E-state index contributed by atoms with van der Waals surface area (Å²) in [5, 5.41) is 9.96. The maximum absolute atomic E-state index is 11.8. The van der Waals surface area contributed by atoms with Gasteiger partial charge >= 0.3 is 6.09 Å². The number of hydrogen-bond donors (Lipinski definition) is 2. The maximum atomic E-state index is 11.8. The van der Waals surface area contributed by atoms with Crippen LogP contribution in [0.3, 0.4) is 0 Å². The summed E-state index contributed by atoms with van der Waals surface area (Å²) in [5.74, 6) is 0. The van der Waals surface area contributed by atoms with Gasteiger partial charge in [0, 0.05) is 18.0 Å². The number of carbonyl (C=O) groups is 1. The van der Waals surface area contributed by atoms with E-state index in [4.69, 9.17) is 16.3 Å². The molecule has 1 rings (SSSR count). The third kappa shape index (κ3) is 6.04. The van der Waals surface area contributed by atoms with Crippen molar-refractivity contribution in [3.8, 4) is 0 Å². The molecule has 0 unspecified atom stereocenters. The number of carbonyl (C=O) groups excluding carboxylic acids is 1. The molecule has 0 bridgehead atoms.